The molecule has 0 radical (unpaired) electrons. The number of piperidine rings is 1. The Morgan fingerprint density at radius 2 is 2.27 bits per heavy atom. The Hall–Kier alpha value is -1.10. The molecule has 1 aliphatic heterocycles. The van der Waals surface area contributed by atoms with Crippen molar-refractivity contribution in [3.8, 4) is 0 Å². The van der Waals surface area contributed by atoms with Gasteiger partial charge in [-0.3, -0.25) is 0 Å². The maximum absolute atomic E-state index is 11.0. The summed E-state index contributed by atoms with van der Waals surface area (Å²) in [6.45, 7) is 2.22. The Morgan fingerprint density at radius 1 is 1.53 bits per heavy atom. The van der Waals surface area contributed by atoms with Crippen molar-refractivity contribution in [2.75, 3.05) is 13.1 Å². The first-order valence-corrected chi connectivity index (χ1v) is 5.49. The third kappa shape index (κ3) is 2.68. The molecule has 2 rings (SSSR count). The average Bonchev–Trinajstić information content (AvgIpc) is 2.57. The molecule has 15 heavy (non-hydrogen) atoms. The predicted octanol–water partition coefficient (Wildman–Crippen LogP) is 0.305. The zero-order valence-corrected chi connectivity index (χ0v) is 9.03. The summed E-state index contributed by atoms with van der Waals surface area (Å²) in [6, 6.07) is 0. The number of hydrogen-bond donors (Lipinski definition) is 1. The molecule has 0 atom stereocenters. The highest BCUT2D eigenvalue weighted by atomic mass is 16.4. The van der Waals surface area contributed by atoms with E-state index in [9.17, 15) is 4.79 Å². The van der Waals surface area contributed by atoms with Crippen molar-refractivity contribution in [3.63, 3.8) is 0 Å². The second-order valence-corrected chi connectivity index (χ2v) is 4.12. The molecule has 0 aromatic carbocycles. The maximum atomic E-state index is 11.0. The Labute approximate surface area is 88.5 Å². The molecular weight excluding hydrogens is 194 g/mol. The molecule has 1 fully saturated rings. The van der Waals surface area contributed by atoms with Crippen molar-refractivity contribution in [3.05, 3.63) is 16.4 Å². The van der Waals surface area contributed by atoms with Crippen LogP contribution in [0.2, 0.25) is 0 Å². The fourth-order valence-electron chi connectivity index (χ4n) is 1.99. The van der Waals surface area contributed by atoms with E-state index in [1.165, 1.54) is 17.5 Å². The summed E-state index contributed by atoms with van der Waals surface area (Å²) in [4.78, 5) is 11.0. The zero-order chi connectivity index (χ0) is 10.7. The molecule has 0 spiro atoms. The van der Waals surface area contributed by atoms with Gasteiger partial charge >= 0.3 is 5.76 Å². The van der Waals surface area contributed by atoms with Crippen LogP contribution in [0.25, 0.3) is 0 Å². The van der Waals surface area contributed by atoms with Gasteiger partial charge < -0.3 is 9.73 Å². The Balaban J connectivity index is 1.84. The molecule has 1 aliphatic rings. The van der Waals surface area contributed by atoms with Crippen LogP contribution < -0.4 is 11.1 Å². The van der Waals surface area contributed by atoms with E-state index >= 15 is 0 Å². The van der Waals surface area contributed by atoms with Crippen molar-refractivity contribution in [2.24, 2.45) is 13.0 Å². The van der Waals surface area contributed by atoms with Gasteiger partial charge in [0.05, 0.1) is 0 Å². The van der Waals surface area contributed by atoms with Gasteiger partial charge in [-0.05, 0) is 38.3 Å². The van der Waals surface area contributed by atoms with Gasteiger partial charge in [0.2, 0.25) is 5.89 Å². The fourth-order valence-corrected chi connectivity index (χ4v) is 1.99. The van der Waals surface area contributed by atoms with E-state index < -0.39 is 0 Å². The van der Waals surface area contributed by atoms with Gasteiger partial charge in [-0.25, -0.2) is 4.79 Å². The number of hydrogen-bond acceptors (Lipinski definition) is 4. The van der Waals surface area contributed by atoms with Crippen LogP contribution in [0, 0.1) is 5.92 Å². The van der Waals surface area contributed by atoms with E-state index in [1.54, 1.807) is 7.05 Å². The number of nitrogens with one attached hydrogen (secondary N) is 1. The average molecular weight is 211 g/mol. The normalized spacial score (nSPS) is 18.2. The van der Waals surface area contributed by atoms with Crippen molar-refractivity contribution in [1.82, 2.24) is 15.1 Å². The highest BCUT2D eigenvalue weighted by molar-refractivity contribution is 4.78. The van der Waals surface area contributed by atoms with Crippen LogP contribution >= 0.6 is 0 Å². The van der Waals surface area contributed by atoms with Crippen LogP contribution in [0.1, 0.15) is 25.2 Å². The molecule has 0 bridgehead atoms. The van der Waals surface area contributed by atoms with E-state index in [0.29, 0.717) is 5.89 Å². The highest BCUT2D eigenvalue weighted by Crippen LogP contribution is 2.17. The van der Waals surface area contributed by atoms with Crippen molar-refractivity contribution < 1.29 is 4.42 Å². The van der Waals surface area contributed by atoms with Gasteiger partial charge in [-0.1, -0.05) is 0 Å². The third-order valence-electron chi connectivity index (χ3n) is 2.96. The number of aromatic nitrogens is 2. The molecule has 1 N–H and O–H groups in total. The van der Waals surface area contributed by atoms with Crippen LogP contribution in [-0.4, -0.2) is 22.9 Å². The lowest BCUT2D eigenvalue weighted by molar-refractivity contribution is 0.339. The lowest BCUT2D eigenvalue weighted by atomic mass is 9.93. The molecule has 5 heteroatoms. The second-order valence-electron chi connectivity index (χ2n) is 4.12. The molecule has 0 amide bonds. The van der Waals surface area contributed by atoms with Crippen molar-refractivity contribution >= 4 is 0 Å². The molecular formula is C10H17N3O2. The fraction of sp³-hybridized carbons (Fsp3) is 0.800. The molecule has 0 saturated carbocycles. The van der Waals surface area contributed by atoms with Crippen molar-refractivity contribution in [1.29, 1.82) is 0 Å². The minimum absolute atomic E-state index is 0.365. The SMILES string of the molecule is Cn1nc(CCC2CCNCC2)oc1=O. The summed E-state index contributed by atoms with van der Waals surface area (Å²) in [6.07, 6.45) is 4.29. The lowest BCUT2D eigenvalue weighted by Crippen LogP contribution is -2.27. The number of rotatable bonds is 3. The Bertz CT molecular complexity index is 363. The first-order valence-electron chi connectivity index (χ1n) is 5.49. The number of aryl methyl sites for hydroxylation is 2. The summed E-state index contributed by atoms with van der Waals surface area (Å²) in [5, 5.41) is 7.35. The molecule has 1 saturated heterocycles. The molecule has 1 aromatic rings. The van der Waals surface area contributed by atoms with E-state index in [4.69, 9.17) is 4.42 Å². The monoisotopic (exact) mass is 211 g/mol. The van der Waals surface area contributed by atoms with E-state index in [1.807, 2.05) is 0 Å². The van der Waals surface area contributed by atoms with Crippen LogP contribution in [0.5, 0.6) is 0 Å². The van der Waals surface area contributed by atoms with Crippen LogP contribution in [0.15, 0.2) is 9.21 Å². The van der Waals surface area contributed by atoms with E-state index in [-0.39, 0.29) is 5.76 Å². The quantitative estimate of drug-likeness (QED) is 0.781. The van der Waals surface area contributed by atoms with E-state index in [0.717, 1.165) is 31.8 Å². The molecule has 5 nitrogen and oxygen atoms in total. The first-order chi connectivity index (χ1) is 7.25. The van der Waals surface area contributed by atoms with E-state index in [2.05, 4.69) is 10.4 Å². The molecule has 0 unspecified atom stereocenters. The summed E-state index contributed by atoms with van der Waals surface area (Å²) in [7, 11) is 1.61. The standard InChI is InChI=1S/C10H17N3O2/c1-13-10(14)15-9(12-13)3-2-8-4-6-11-7-5-8/h8,11H,2-7H2,1H3. The highest BCUT2D eigenvalue weighted by Gasteiger charge is 2.14. The smallest absolute Gasteiger partial charge is 0.392 e. The molecule has 84 valence electrons. The minimum Gasteiger partial charge on any atom is -0.392 e. The minimum atomic E-state index is -0.365. The molecule has 2 heterocycles. The Kier molecular flexibility index (Phi) is 3.20. The van der Waals surface area contributed by atoms with Gasteiger partial charge in [-0.2, -0.15) is 4.68 Å². The van der Waals surface area contributed by atoms with Gasteiger partial charge in [0, 0.05) is 13.5 Å². The van der Waals surface area contributed by atoms with Gasteiger partial charge in [0.25, 0.3) is 0 Å². The molecule has 0 aliphatic carbocycles. The van der Waals surface area contributed by atoms with Crippen LogP contribution in [-0.2, 0) is 13.5 Å². The van der Waals surface area contributed by atoms with Crippen molar-refractivity contribution in [2.45, 2.75) is 25.7 Å². The topological polar surface area (TPSA) is 60.1 Å². The summed E-state index contributed by atoms with van der Waals surface area (Å²) in [5.74, 6) is 0.954. The third-order valence-corrected chi connectivity index (χ3v) is 2.96. The molecule has 1 aromatic heterocycles. The largest absolute Gasteiger partial charge is 0.436 e. The van der Waals surface area contributed by atoms with Crippen LogP contribution in [0.3, 0.4) is 0 Å². The predicted molar refractivity (Wildman–Crippen MR) is 55.7 cm³/mol. The maximum Gasteiger partial charge on any atom is 0.436 e. The summed E-state index contributed by atoms with van der Waals surface area (Å²) < 4.78 is 6.23. The van der Waals surface area contributed by atoms with Gasteiger partial charge in [-0.15, -0.1) is 5.10 Å². The van der Waals surface area contributed by atoms with Crippen LogP contribution in [0.4, 0.5) is 0 Å². The Morgan fingerprint density at radius 3 is 2.87 bits per heavy atom. The summed E-state index contributed by atoms with van der Waals surface area (Å²) in [5.41, 5.74) is 0. The van der Waals surface area contributed by atoms with Gasteiger partial charge in [0.15, 0.2) is 0 Å². The summed E-state index contributed by atoms with van der Waals surface area (Å²) >= 11 is 0. The number of nitrogens with zero attached hydrogens (tertiary/aromatic N) is 2. The lowest BCUT2D eigenvalue weighted by Gasteiger charge is -2.21. The first kappa shape index (κ1) is 10.4. The van der Waals surface area contributed by atoms with Gasteiger partial charge in [0.1, 0.15) is 0 Å². The second kappa shape index (κ2) is 4.61. The zero-order valence-electron chi connectivity index (χ0n) is 9.03.